The van der Waals surface area contributed by atoms with Crippen molar-refractivity contribution in [2.24, 2.45) is 5.73 Å². The van der Waals surface area contributed by atoms with Crippen LogP contribution in [0.3, 0.4) is 0 Å². The van der Waals surface area contributed by atoms with Crippen molar-refractivity contribution in [1.82, 2.24) is 10.1 Å². The molecule has 1 aromatic carbocycles. The molecule has 90 valence electrons. The van der Waals surface area contributed by atoms with E-state index in [1.807, 2.05) is 18.2 Å². The maximum Gasteiger partial charge on any atom is 0.223 e. The fraction of sp³-hybridized carbons (Fsp3) is 0.273. The lowest BCUT2D eigenvalue weighted by Gasteiger charge is -2.10. The van der Waals surface area contributed by atoms with Crippen LogP contribution in [0, 0.1) is 6.92 Å². The summed E-state index contributed by atoms with van der Waals surface area (Å²) in [6.45, 7) is 1.73. The highest BCUT2D eigenvalue weighted by Crippen LogP contribution is 2.28. The molecule has 0 amide bonds. The van der Waals surface area contributed by atoms with Gasteiger partial charge < -0.3 is 15.0 Å². The molecule has 0 fully saturated rings. The van der Waals surface area contributed by atoms with Gasteiger partial charge in [0.1, 0.15) is 5.75 Å². The molecular weight excluding hydrogens is 286 g/mol. The number of nitrogens with zero attached hydrogens (tertiary/aromatic N) is 2. The normalized spacial score (nSPS) is 12.5. The van der Waals surface area contributed by atoms with Gasteiger partial charge in [-0.2, -0.15) is 4.98 Å². The average Bonchev–Trinajstić information content (AvgIpc) is 2.75. The summed E-state index contributed by atoms with van der Waals surface area (Å²) in [5.41, 5.74) is 6.93. The van der Waals surface area contributed by atoms with Crippen molar-refractivity contribution < 1.29 is 9.26 Å². The van der Waals surface area contributed by atoms with E-state index in [1.165, 1.54) is 0 Å². The molecule has 1 heterocycles. The molecule has 1 aromatic heterocycles. The van der Waals surface area contributed by atoms with E-state index in [4.69, 9.17) is 15.0 Å². The van der Waals surface area contributed by atoms with E-state index in [9.17, 15) is 0 Å². The van der Waals surface area contributed by atoms with Gasteiger partial charge in [0.15, 0.2) is 5.82 Å². The molecule has 0 saturated carbocycles. The summed E-state index contributed by atoms with van der Waals surface area (Å²) < 4.78 is 10.9. The van der Waals surface area contributed by atoms with Crippen molar-refractivity contribution in [3.63, 3.8) is 0 Å². The SMILES string of the molecule is COc1ccc(C(N)c2noc(C)n2)cc1Br. The van der Waals surface area contributed by atoms with Crippen LogP contribution in [0.4, 0.5) is 0 Å². The number of hydrogen-bond acceptors (Lipinski definition) is 5. The van der Waals surface area contributed by atoms with Crippen LogP contribution in [-0.4, -0.2) is 17.3 Å². The summed E-state index contributed by atoms with van der Waals surface area (Å²) in [6, 6.07) is 5.19. The molecule has 1 atom stereocenters. The first kappa shape index (κ1) is 12.1. The molecule has 1 unspecified atom stereocenters. The lowest BCUT2D eigenvalue weighted by molar-refractivity contribution is 0.385. The van der Waals surface area contributed by atoms with Crippen LogP contribution in [-0.2, 0) is 0 Å². The van der Waals surface area contributed by atoms with Crippen molar-refractivity contribution in [1.29, 1.82) is 0 Å². The maximum atomic E-state index is 6.04. The second kappa shape index (κ2) is 4.85. The van der Waals surface area contributed by atoms with Gasteiger partial charge in [-0.15, -0.1) is 0 Å². The van der Waals surface area contributed by atoms with Gasteiger partial charge in [0.2, 0.25) is 5.89 Å². The van der Waals surface area contributed by atoms with Crippen LogP contribution in [0.1, 0.15) is 23.3 Å². The van der Waals surface area contributed by atoms with Crippen LogP contribution >= 0.6 is 15.9 Å². The summed E-state index contributed by atoms with van der Waals surface area (Å²) in [7, 11) is 1.61. The predicted octanol–water partition coefficient (Wildman–Crippen LogP) is 2.20. The molecule has 2 rings (SSSR count). The number of hydrogen-bond donors (Lipinski definition) is 1. The summed E-state index contributed by atoms with van der Waals surface area (Å²) in [6.07, 6.45) is 0. The van der Waals surface area contributed by atoms with Crippen molar-refractivity contribution >= 4 is 15.9 Å². The Morgan fingerprint density at radius 1 is 1.47 bits per heavy atom. The zero-order valence-electron chi connectivity index (χ0n) is 9.48. The minimum absolute atomic E-state index is 0.408. The molecule has 6 heteroatoms. The topological polar surface area (TPSA) is 74.2 Å². The van der Waals surface area contributed by atoms with Crippen LogP contribution < -0.4 is 10.5 Å². The lowest BCUT2D eigenvalue weighted by Crippen LogP contribution is -2.13. The van der Waals surface area contributed by atoms with Crippen LogP contribution in [0.5, 0.6) is 5.75 Å². The van der Waals surface area contributed by atoms with Gasteiger partial charge >= 0.3 is 0 Å². The first-order valence-corrected chi connectivity index (χ1v) is 5.80. The summed E-state index contributed by atoms with van der Waals surface area (Å²) in [5.74, 6) is 1.73. The zero-order chi connectivity index (χ0) is 12.4. The number of benzene rings is 1. The van der Waals surface area contributed by atoms with Crippen molar-refractivity contribution in [3.05, 3.63) is 40.0 Å². The minimum Gasteiger partial charge on any atom is -0.496 e. The quantitative estimate of drug-likeness (QED) is 0.940. The highest BCUT2D eigenvalue weighted by molar-refractivity contribution is 9.10. The first-order chi connectivity index (χ1) is 8.11. The number of halogens is 1. The average molecular weight is 298 g/mol. The fourth-order valence-corrected chi connectivity index (χ4v) is 2.02. The molecule has 2 aromatic rings. The van der Waals surface area contributed by atoms with E-state index >= 15 is 0 Å². The second-order valence-electron chi connectivity index (χ2n) is 3.54. The van der Waals surface area contributed by atoms with Gasteiger partial charge in [0, 0.05) is 6.92 Å². The number of nitrogens with two attached hydrogens (primary N) is 1. The summed E-state index contributed by atoms with van der Waals surface area (Å²) in [5, 5.41) is 3.81. The molecular formula is C11H12BrN3O2. The van der Waals surface area contributed by atoms with Gasteiger partial charge in [-0.3, -0.25) is 0 Å². The number of ether oxygens (including phenoxy) is 1. The smallest absolute Gasteiger partial charge is 0.223 e. The Hall–Kier alpha value is -1.40. The highest BCUT2D eigenvalue weighted by atomic mass is 79.9. The third-order valence-electron chi connectivity index (χ3n) is 2.36. The van der Waals surface area contributed by atoms with Crippen LogP contribution in [0.2, 0.25) is 0 Å². The van der Waals surface area contributed by atoms with E-state index in [0.29, 0.717) is 11.7 Å². The third kappa shape index (κ3) is 2.48. The Bertz CT molecular complexity index is 527. The Kier molecular flexibility index (Phi) is 3.44. The van der Waals surface area contributed by atoms with Crippen LogP contribution in [0.25, 0.3) is 0 Å². The summed E-state index contributed by atoms with van der Waals surface area (Å²) in [4.78, 5) is 4.11. The van der Waals surface area contributed by atoms with Crippen LogP contribution in [0.15, 0.2) is 27.2 Å². The standard InChI is InChI=1S/C11H12BrN3O2/c1-6-14-11(15-17-6)10(13)7-3-4-9(16-2)8(12)5-7/h3-5,10H,13H2,1-2H3. The number of methoxy groups -OCH3 is 1. The van der Waals surface area contributed by atoms with Gasteiger partial charge in [0.05, 0.1) is 17.6 Å². The van der Waals surface area contributed by atoms with Crippen molar-refractivity contribution in [3.8, 4) is 5.75 Å². The molecule has 0 aliphatic heterocycles. The number of rotatable bonds is 3. The second-order valence-corrected chi connectivity index (χ2v) is 4.40. The molecule has 0 radical (unpaired) electrons. The maximum absolute atomic E-state index is 6.04. The van der Waals surface area contributed by atoms with Gasteiger partial charge in [-0.05, 0) is 33.6 Å². The third-order valence-corrected chi connectivity index (χ3v) is 2.98. The Balaban J connectivity index is 2.31. The Morgan fingerprint density at radius 2 is 2.24 bits per heavy atom. The molecule has 0 spiro atoms. The zero-order valence-corrected chi connectivity index (χ0v) is 11.1. The van der Waals surface area contributed by atoms with E-state index in [0.717, 1.165) is 15.8 Å². The molecule has 0 aliphatic rings. The molecule has 0 saturated heterocycles. The van der Waals surface area contributed by atoms with Gasteiger partial charge in [0.25, 0.3) is 0 Å². The predicted molar refractivity (Wildman–Crippen MR) is 65.8 cm³/mol. The number of aromatic nitrogens is 2. The first-order valence-electron chi connectivity index (χ1n) is 5.01. The molecule has 2 N–H and O–H groups in total. The van der Waals surface area contributed by atoms with E-state index < -0.39 is 6.04 Å². The van der Waals surface area contributed by atoms with E-state index in [1.54, 1.807) is 14.0 Å². The molecule has 17 heavy (non-hydrogen) atoms. The van der Waals surface area contributed by atoms with Gasteiger partial charge in [-0.25, -0.2) is 0 Å². The number of aryl methyl sites for hydroxylation is 1. The molecule has 5 nitrogen and oxygen atoms in total. The Morgan fingerprint density at radius 3 is 2.76 bits per heavy atom. The largest absolute Gasteiger partial charge is 0.496 e. The van der Waals surface area contributed by atoms with E-state index in [-0.39, 0.29) is 0 Å². The summed E-state index contributed by atoms with van der Waals surface area (Å²) >= 11 is 3.41. The monoisotopic (exact) mass is 297 g/mol. The van der Waals surface area contributed by atoms with Crippen molar-refractivity contribution in [2.45, 2.75) is 13.0 Å². The fourth-order valence-electron chi connectivity index (χ4n) is 1.47. The van der Waals surface area contributed by atoms with Gasteiger partial charge in [-0.1, -0.05) is 11.2 Å². The highest BCUT2D eigenvalue weighted by Gasteiger charge is 2.16. The van der Waals surface area contributed by atoms with E-state index in [2.05, 4.69) is 26.1 Å². The Labute approximate surface area is 107 Å². The molecule has 0 bridgehead atoms. The lowest BCUT2D eigenvalue weighted by atomic mass is 10.1. The molecule has 0 aliphatic carbocycles. The van der Waals surface area contributed by atoms with Crippen molar-refractivity contribution in [2.75, 3.05) is 7.11 Å². The minimum atomic E-state index is -0.408.